The minimum absolute atomic E-state index is 0.0159. The maximum absolute atomic E-state index is 12.9. The van der Waals surface area contributed by atoms with Crippen LogP contribution in [0.3, 0.4) is 0 Å². The first kappa shape index (κ1) is 19.8. The summed E-state index contributed by atoms with van der Waals surface area (Å²) < 4.78 is 6.22. The maximum Gasteiger partial charge on any atom is 0.254 e. The Morgan fingerprint density at radius 2 is 1.96 bits per heavy atom. The molecule has 0 aromatic heterocycles. The normalized spacial score (nSPS) is 14.8. The molecule has 0 bridgehead atoms. The van der Waals surface area contributed by atoms with E-state index >= 15 is 0 Å². The smallest absolute Gasteiger partial charge is 0.254 e. The molecule has 0 spiro atoms. The van der Waals surface area contributed by atoms with Gasteiger partial charge in [-0.2, -0.15) is 0 Å². The number of rotatable bonds is 6. The summed E-state index contributed by atoms with van der Waals surface area (Å²) in [4.78, 5) is 14.6. The summed E-state index contributed by atoms with van der Waals surface area (Å²) in [5.41, 5.74) is 2.43. The quantitative estimate of drug-likeness (QED) is 0.609. The number of carbonyl (C=O) groups excluding carboxylic acids is 1. The van der Waals surface area contributed by atoms with Gasteiger partial charge in [-0.3, -0.25) is 4.79 Å². The largest absolute Gasteiger partial charge is 0.490 e. The maximum atomic E-state index is 12.9. The molecule has 0 saturated heterocycles. The van der Waals surface area contributed by atoms with Crippen LogP contribution in [0.5, 0.6) is 5.75 Å². The van der Waals surface area contributed by atoms with Crippen molar-refractivity contribution in [3.05, 3.63) is 60.0 Å². The van der Waals surface area contributed by atoms with Crippen LogP contribution in [0.25, 0.3) is 11.1 Å². The van der Waals surface area contributed by atoms with E-state index in [4.69, 9.17) is 16.3 Å². The first-order valence-electron chi connectivity index (χ1n) is 9.70. The van der Waals surface area contributed by atoms with Crippen LogP contribution in [0.2, 0.25) is 5.02 Å². The van der Waals surface area contributed by atoms with Crippen LogP contribution in [-0.2, 0) is 0 Å². The number of benzene rings is 2. The van der Waals surface area contributed by atoms with E-state index in [2.05, 4.69) is 6.92 Å². The van der Waals surface area contributed by atoms with Crippen LogP contribution < -0.4 is 4.74 Å². The zero-order valence-electron chi connectivity index (χ0n) is 15.9. The molecule has 0 atom stereocenters. The molecule has 1 aliphatic rings. The fraction of sp³-hybridized carbons (Fsp3) is 0.391. The topological polar surface area (TPSA) is 29.5 Å². The van der Waals surface area contributed by atoms with Gasteiger partial charge < -0.3 is 9.64 Å². The highest BCUT2D eigenvalue weighted by molar-refractivity contribution is 6.30. The molecule has 1 radical (unpaired) electrons. The molecule has 3 nitrogen and oxygen atoms in total. The average Bonchev–Trinajstić information content (AvgIpc) is 2.68. The fourth-order valence-corrected chi connectivity index (χ4v) is 3.79. The second kappa shape index (κ2) is 9.27. The minimum Gasteiger partial charge on any atom is -0.490 e. The van der Waals surface area contributed by atoms with E-state index in [-0.39, 0.29) is 12.0 Å². The van der Waals surface area contributed by atoms with Crippen LogP contribution in [0.4, 0.5) is 0 Å². The molecule has 143 valence electrons. The Morgan fingerprint density at radius 1 is 1.19 bits per heavy atom. The number of nitrogens with zero attached hydrogens (tertiary/aromatic N) is 1. The van der Waals surface area contributed by atoms with Gasteiger partial charge in [0.2, 0.25) is 0 Å². The summed E-state index contributed by atoms with van der Waals surface area (Å²) >= 11 is 6.20. The fourth-order valence-electron chi connectivity index (χ4n) is 3.60. The Kier molecular flexibility index (Phi) is 6.78. The number of ether oxygens (including phenoxy) is 1. The highest BCUT2D eigenvalue weighted by Crippen LogP contribution is 2.32. The van der Waals surface area contributed by atoms with Crippen molar-refractivity contribution < 1.29 is 9.53 Å². The third kappa shape index (κ3) is 5.04. The van der Waals surface area contributed by atoms with Crippen molar-refractivity contribution in [1.82, 2.24) is 4.90 Å². The minimum atomic E-state index is -0.0159. The van der Waals surface area contributed by atoms with Gasteiger partial charge in [0.15, 0.2) is 0 Å². The van der Waals surface area contributed by atoms with E-state index in [0.29, 0.717) is 23.6 Å². The molecule has 1 fully saturated rings. The van der Waals surface area contributed by atoms with Crippen molar-refractivity contribution in [3.63, 3.8) is 0 Å². The van der Waals surface area contributed by atoms with E-state index in [1.54, 1.807) is 4.90 Å². The van der Waals surface area contributed by atoms with Gasteiger partial charge in [-0.15, -0.1) is 0 Å². The lowest BCUT2D eigenvalue weighted by Gasteiger charge is -2.24. The molecule has 4 heteroatoms. The van der Waals surface area contributed by atoms with Crippen LogP contribution in [-0.4, -0.2) is 30.5 Å². The van der Waals surface area contributed by atoms with E-state index in [9.17, 15) is 4.79 Å². The SMILES string of the molecule is [CH2]CCN(C)C(=O)c1ccc(OC2CCCCC2)cc1-c1cccc(Cl)c1. The van der Waals surface area contributed by atoms with Gasteiger partial charge in [-0.25, -0.2) is 0 Å². The number of hydrogen-bond donors (Lipinski definition) is 0. The lowest BCUT2D eigenvalue weighted by molar-refractivity contribution is 0.0798. The molecule has 2 aromatic carbocycles. The monoisotopic (exact) mass is 384 g/mol. The number of carbonyl (C=O) groups is 1. The lowest BCUT2D eigenvalue weighted by Crippen LogP contribution is -2.28. The lowest BCUT2D eigenvalue weighted by atomic mass is 9.96. The summed E-state index contributed by atoms with van der Waals surface area (Å²) in [6, 6.07) is 13.4. The highest BCUT2D eigenvalue weighted by Gasteiger charge is 2.20. The van der Waals surface area contributed by atoms with E-state index in [1.165, 1.54) is 19.3 Å². The number of halogens is 1. The van der Waals surface area contributed by atoms with Crippen LogP contribution in [0, 0.1) is 6.92 Å². The van der Waals surface area contributed by atoms with Crippen molar-refractivity contribution in [3.8, 4) is 16.9 Å². The molecule has 0 N–H and O–H groups in total. The number of amides is 1. The van der Waals surface area contributed by atoms with Crippen molar-refractivity contribution in [2.45, 2.75) is 44.6 Å². The number of hydrogen-bond acceptors (Lipinski definition) is 2. The van der Waals surface area contributed by atoms with Crippen molar-refractivity contribution in [2.24, 2.45) is 0 Å². The molecular weight excluding hydrogens is 358 g/mol. The van der Waals surface area contributed by atoms with E-state index in [1.807, 2.05) is 49.5 Å². The standard InChI is InChI=1S/C23H27ClNO2/c1-3-14-25(2)23(26)21-13-12-20(27-19-10-5-4-6-11-19)16-22(21)17-8-7-9-18(24)15-17/h7-9,12-13,15-16,19H,1,3-6,10-11,14H2,2H3. The van der Waals surface area contributed by atoms with Gasteiger partial charge >= 0.3 is 0 Å². The van der Waals surface area contributed by atoms with E-state index < -0.39 is 0 Å². The summed E-state index contributed by atoms with van der Waals surface area (Å²) in [7, 11) is 1.81. The first-order chi connectivity index (χ1) is 13.1. The molecule has 1 amide bonds. The second-order valence-corrected chi connectivity index (χ2v) is 7.61. The predicted molar refractivity (Wildman–Crippen MR) is 111 cm³/mol. The molecule has 1 aliphatic carbocycles. The third-order valence-electron chi connectivity index (χ3n) is 5.05. The summed E-state index contributed by atoms with van der Waals surface area (Å²) in [6.45, 7) is 4.46. The predicted octanol–water partition coefficient (Wildman–Crippen LogP) is 6.01. The van der Waals surface area contributed by atoms with Crippen molar-refractivity contribution in [2.75, 3.05) is 13.6 Å². The first-order valence-corrected chi connectivity index (χ1v) is 10.1. The van der Waals surface area contributed by atoms with Gasteiger partial charge in [0.25, 0.3) is 5.91 Å². The summed E-state index contributed by atoms with van der Waals surface area (Å²) in [5.74, 6) is 0.797. The molecular formula is C23H27ClNO2. The van der Waals surface area contributed by atoms with Gasteiger partial charge in [0, 0.05) is 24.2 Å². The third-order valence-corrected chi connectivity index (χ3v) is 5.29. The van der Waals surface area contributed by atoms with Crippen molar-refractivity contribution >= 4 is 17.5 Å². The van der Waals surface area contributed by atoms with Gasteiger partial charge in [-0.1, -0.05) is 37.1 Å². The zero-order chi connectivity index (χ0) is 19.2. The van der Waals surface area contributed by atoms with E-state index in [0.717, 1.165) is 29.7 Å². The van der Waals surface area contributed by atoms with Gasteiger partial charge in [-0.05, 0) is 73.6 Å². The van der Waals surface area contributed by atoms with Crippen LogP contribution >= 0.6 is 11.6 Å². The molecule has 0 unspecified atom stereocenters. The molecule has 0 aliphatic heterocycles. The Balaban J connectivity index is 1.95. The molecule has 0 heterocycles. The van der Waals surface area contributed by atoms with Crippen molar-refractivity contribution in [1.29, 1.82) is 0 Å². The second-order valence-electron chi connectivity index (χ2n) is 7.18. The van der Waals surface area contributed by atoms with Gasteiger partial charge in [0.1, 0.15) is 5.75 Å². The molecule has 3 rings (SSSR count). The zero-order valence-corrected chi connectivity index (χ0v) is 16.7. The molecule has 27 heavy (non-hydrogen) atoms. The van der Waals surface area contributed by atoms with Gasteiger partial charge in [0.05, 0.1) is 6.10 Å². The van der Waals surface area contributed by atoms with Crippen LogP contribution in [0.15, 0.2) is 42.5 Å². The Bertz CT molecular complexity index is 784. The molecule has 1 saturated carbocycles. The Labute approximate surface area is 167 Å². The average molecular weight is 385 g/mol. The highest BCUT2D eigenvalue weighted by atomic mass is 35.5. The molecule has 2 aromatic rings. The summed E-state index contributed by atoms with van der Waals surface area (Å²) in [6.07, 6.45) is 6.87. The Hall–Kier alpha value is -2.00. The Morgan fingerprint density at radius 3 is 2.67 bits per heavy atom. The summed E-state index contributed by atoms with van der Waals surface area (Å²) in [5, 5.41) is 0.649. The van der Waals surface area contributed by atoms with Crippen LogP contribution in [0.1, 0.15) is 48.9 Å².